The number of carbonyl (C=O) groups is 1. The zero-order valence-electron chi connectivity index (χ0n) is 13.7. The lowest BCUT2D eigenvalue weighted by molar-refractivity contribution is -0.138. The van der Waals surface area contributed by atoms with Gasteiger partial charge in [-0.05, 0) is 26.8 Å². The van der Waals surface area contributed by atoms with Crippen molar-refractivity contribution in [3.05, 3.63) is 11.1 Å². The van der Waals surface area contributed by atoms with Crippen LogP contribution in [0.5, 0.6) is 0 Å². The maximum Gasteiger partial charge on any atom is 0.390 e. The average Bonchev–Trinajstić information content (AvgIpc) is 2.35. The van der Waals surface area contributed by atoms with Crippen LogP contribution in [-0.4, -0.2) is 33.9 Å². The van der Waals surface area contributed by atoms with Gasteiger partial charge in [-0.2, -0.15) is 4.39 Å². The molecule has 0 heterocycles. The number of carbonyl (C=O) groups excluding carboxylic acids is 1. The molecule has 0 radical (unpaired) electrons. The molecule has 0 rings (SSSR count). The van der Waals surface area contributed by atoms with Crippen LogP contribution in [0.4, 0.5) is 4.39 Å². The highest BCUT2D eigenvalue weighted by Crippen LogP contribution is 2.58. The third kappa shape index (κ3) is 6.87. The molecule has 0 aromatic rings. The van der Waals surface area contributed by atoms with Crippen molar-refractivity contribution in [1.82, 2.24) is 0 Å². The number of hydrogen-bond donors (Lipinski definition) is 0. The molecule has 0 aromatic heterocycles. The zero-order chi connectivity index (χ0) is 16.7. The molecule has 0 aliphatic heterocycles. The Morgan fingerprint density at radius 3 is 1.86 bits per heavy atom. The smallest absolute Gasteiger partial charge is 0.390 e. The second kappa shape index (κ2) is 8.83. The Bertz CT molecular complexity index is 421. The van der Waals surface area contributed by atoms with E-state index in [1.54, 1.807) is 20.8 Å². The number of rotatable bonds is 9. The van der Waals surface area contributed by atoms with Crippen LogP contribution in [0.25, 0.3) is 0 Å². The predicted octanol–water partition coefficient (Wildman–Crippen LogP) is 4.33. The van der Waals surface area contributed by atoms with Gasteiger partial charge in [0.1, 0.15) is 0 Å². The Balaban J connectivity index is 5.79. The SMILES string of the molecule is CCOC(=O)/C(C[Si](C)(C)C)=C(/F)P(=O)(OCC)OCC. The van der Waals surface area contributed by atoms with Gasteiger partial charge in [-0.1, -0.05) is 19.6 Å². The van der Waals surface area contributed by atoms with Crippen LogP contribution in [0.1, 0.15) is 20.8 Å². The molecule has 21 heavy (non-hydrogen) atoms. The van der Waals surface area contributed by atoms with Crippen LogP contribution >= 0.6 is 7.60 Å². The lowest BCUT2D eigenvalue weighted by atomic mass is 10.3. The van der Waals surface area contributed by atoms with Crippen LogP contribution in [-0.2, 0) is 23.1 Å². The third-order valence-corrected chi connectivity index (χ3v) is 5.68. The van der Waals surface area contributed by atoms with Gasteiger partial charge in [0.25, 0.3) is 0 Å². The van der Waals surface area contributed by atoms with Gasteiger partial charge < -0.3 is 13.8 Å². The lowest BCUT2D eigenvalue weighted by Crippen LogP contribution is -2.24. The summed E-state index contributed by atoms with van der Waals surface area (Å²) in [7, 11) is -5.93. The van der Waals surface area contributed by atoms with E-state index in [2.05, 4.69) is 0 Å². The van der Waals surface area contributed by atoms with Crippen LogP contribution in [0, 0.1) is 0 Å². The van der Waals surface area contributed by atoms with E-state index in [0.29, 0.717) is 0 Å². The molecule has 0 saturated heterocycles. The Morgan fingerprint density at radius 1 is 1.05 bits per heavy atom. The summed E-state index contributed by atoms with van der Waals surface area (Å²) in [4.78, 5) is 12.0. The summed E-state index contributed by atoms with van der Waals surface area (Å²) in [5.74, 6) is -0.794. The van der Waals surface area contributed by atoms with E-state index in [-0.39, 0.29) is 31.4 Å². The number of ether oxygens (including phenoxy) is 1. The fourth-order valence-corrected chi connectivity index (χ4v) is 4.62. The van der Waals surface area contributed by atoms with Crippen molar-refractivity contribution in [1.29, 1.82) is 0 Å². The second-order valence-electron chi connectivity index (χ2n) is 5.56. The van der Waals surface area contributed by atoms with Crippen LogP contribution in [0.2, 0.25) is 25.7 Å². The Hall–Kier alpha value is -0.493. The molecule has 8 heteroatoms. The first kappa shape index (κ1) is 20.5. The van der Waals surface area contributed by atoms with Gasteiger partial charge in [-0.3, -0.25) is 4.57 Å². The molecule has 0 bridgehead atoms. The van der Waals surface area contributed by atoms with E-state index in [1.165, 1.54) is 0 Å². The molecule has 0 unspecified atom stereocenters. The summed E-state index contributed by atoms with van der Waals surface area (Å²) in [5.41, 5.74) is -1.34. The van der Waals surface area contributed by atoms with Gasteiger partial charge in [0, 0.05) is 8.07 Å². The Kier molecular flexibility index (Phi) is 8.62. The van der Waals surface area contributed by atoms with Crippen molar-refractivity contribution in [2.24, 2.45) is 0 Å². The first-order valence-electron chi connectivity index (χ1n) is 7.06. The quantitative estimate of drug-likeness (QED) is 0.270. The van der Waals surface area contributed by atoms with E-state index in [1.807, 2.05) is 19.6 Å². The van der Waals surface area contributed by atoms with Gasteiger partial charge in [0.05, 0.1) is 25.4 Å². The molecule has 124 valence electrons. The highest BCUT2D eigenvalue weighted by Gasteiger charge is 2.37. The van der Waals surface area contributed by atoms with Crippen LogP contribution in [0.15, 0.2) is 11.1 Å². The molecular weight excluding hydrogens is 314 g/mol. The maximum atomic E-state index is 14.7. The normalized spacial score (nSPS) is 13.9. The highest BCUT2D eigenvalue weighted by molar-refractivity contribution is 7.58. The topological polar surface area (TPSA) is 61.8 Å². The molecular formula is C13H26FO5PSi. The fourth-order valence-electron chi connectivity index (χ4n) is 1.63. The van der Waals surface area contributed by atoms with Crippen molar-refractivity contribution in [2.75, 3.05) is 19.8 Å². The molecule has 0 aliphatic carbocycles. The van der Waals surface area contributed by atoms with Crippen LogP contribution in [0.3, 0.4) is 0 Å². The van der Waals surface area contributed by atoms with Crippen LogP contribution < -0.4 is 0 Å². The minimum Gasteiger partial charge on any atom is -0.463 e. The first-order valence-corrected chi connectivity index (χ1v) is 12.3. The summed E-state index contributed by atoms with van der Waals surface area (Å²) in [6.07, 6.45) is 0. The minimum absolute atomic E-state index is 0.0216. The summed E-state index contributed by atoms with van der Waals surface area (Å²) < 4.78 is 42.0. The summed E-state index contributed by atoms with van der Waals surface area (Å²) in [5, 5.41) is 0. The second-order valence-corrected chi connectivity index (χ2v) is 12.9. The van der Waals surface area contributed by atoms with E-state index in [9.17, 15) is 13.8 Å². The largest absolute Gasteiger partial charge is 0.463 e. The average molecular weight is 340 g/mol. The van der Waals surface area contributed by atoms with E-state index < -0.39 is 27.2 Å². The first-order chi connectivity index (χ1) is 9.61. The highest BCUT2D eigenvalue weighted by atomic mass is 31.2. The summed E-state index contributed by atoms with van der Waals surface area (Å²) >= 11 is 0. The standard InChI is InChI=1S/C13H26FO5PSi/c1-7-17-13(15)11(10-21(4,5)6)12(14)20(16,18-8-2)19-9-3/h7-10H2,1-6H3/b12-11-. The Labute approximate surface area is 127 Å². The molecule has 0 saturated carbocycles. The molecule has 0 fully saturated rings. The zero-order valence-corrected chi connectivity index (χ0v) is 15.6. The lowest BCUT2D eigenvalue weighted by Gasteiger charge is -2.21. The van der Waals surface area contributed by atoms with Gasteiger partial charge in [0.2, 0.25) is 5.57 Å². The molecule has 0 amide bonds. The van der Waals surface area contributed by atoms with Crippen molar-refractivity contribution >= 4 is 21.6 Å². The van der Waals surface area contributed by atoms with Gasteiger partial charge >= 0.3 is 13.6 Å². The molecule has 5 nitrogen and oxygen atoms in total. The van der Waals surface area contributed by atoms with Crippen molar-refractivity contribution in [2.45, 2.75) is 46.5 Å². The maximum absolute atomic E-state index is 14.7. The van der Waals surface area contributed by atoms with Crippen molar-refractivity contribution in [3.63, 3.8) is 0 Å². The molecule has 0 aromatic carbocycles. The van der Waals surface area contributed by atoms with Crippen molar-refractivity contribution < 1.29 is 27.5 Å². The molecule has 0 N–H and O–H groups in total. The summed E-state index contributed by atoms with van der Waals surface area (Å²) in [6, 6.07) is 0.210. The molecule has 0 spiro atoms. The van der Waals surface area contributed by atoms with Gasteiger partial charge in [-0.15, -0.1) is 0 Å². The monoisotopic (exact) mass is 340 g/mol. The van der Waals surface area contributed by atoms with E-state index in [4.69, 9.17) is 13.8 Å². The predicted molar refractivity (Wildman–Crippen MR) is 83.8 cm³/mol. The van der Waals surface area contributed by atoms with E-state index >= 15 is 0 Å². The van der Waals surface area contributed by atoms with Gasteiger partial charge in [-0.25, -0.2) is 4.79 Å². The molecule has 0 atom stereocenters. The molecule has 0 aliphatic rings. The number of hydrogen-bond acceptors (Lipinski definition) is 5. The van der Waals surface area contributed by atoms with Gasteiger partial charge in [0.15, 0.2) is 0 Å². The summed E-state index contributed by atoms with van der Waals surface area (Å²) in [6.45, 7) is 10.9. The van der Waals surface area contributed by atoms with Crippen molar-refractivity contribution in [3.8, 4) is 0 Å². The Morgan fingerprint density at radius 2 is 1.52 bits per heavy atom. The van der Waals surface area contributed by atoms with E-state index in [0.717, 1.165) is 0 Å². The number of esters is 1. The minimum atomic E-state index is -4.10. The fraction of sp³-hybridized carbons (Fsp3) is 0.769. The number of halogens is 1. The third-order valence-electron chi connectivity index (χ3n) is 2.32.